The van der Waals surface area contributed by atoms with Crippen LogP contribution >= 0.6 is 0 Å². The normalized spacial score (nSPS) is 14.9. The zero-order valence-electron chi connectivity index (χ0n) is 10.7. The van der Waals surface area contributed by atoms with Crippen molar-refractivity contribution in [2.24, 2.45) is 10.9 Å². The van der Waals surface area contributed by atoms with Gasteiger partial charge in [0.25, 0.3) is 0 Å². The highest BCUT2D eigenvalue weighted by Gasteiger charge is 2.22. The van der Waals surface area contributed by atoms with Crippen molar-refractivity contribution in [3.8, 4) is 12.3 Å². The maximum atomic E-state index is 10.2. The minimum Gasteiger partial charge on any atom is -0.372 e. The van der Waals surface area contributed by atoms with Crippen molar-refractivity contribution in [1.82, 2.24) is 0 Å². The molecule has 0 saturated carbocycles. The van der Waals surface area contributed by atoms with Gasteiger partial charge in [0.2, 0.25) is 6.08 Å². The van der Waals surface area contributed by atoms with E-state index in [0.29, 0.717) is 6.61 Å². The Balaban J connectivity index is 2.56. The minimum absolute atomic E-state index is 0.165. The van der Waals surface area contributed by atoms with Crippen molar-refractivity contribution in [2.45, 2.75) is 32.6 Å². The molecule has 0 amide bonds. The fraction of sp³-hybridized carbons (Fsp3) is 0.400. The molecule has 1 rings (SSSR count). The highest BCUT2D eigenvalue weighted by Crippen LogP contribution is 2.16. The Kier molecular flexibility index (Phi) is 5.87. The van der Waals surface area contributed by atoms with Gasteiger partial charge in [-0.3, -0.25) is 0 Å². The minimum atomic E-state index is -0.279. The number of terminal acetylenes is 1. The number of carbonyl (C=O) groups excluding carboxylic acids is 1. The molecule has 94 valence electrons. The van der Waals surface area contributed by atoms with Crippen molar-refractivity contribution in [2.75, 3.05) is 0 Å². The van der Waals surface area contributed by atoms with Gasteiger partial charge in [-0.1, -0.05) is 36.3 Å². The lowest BCUT2D eigenvalue weighted by Crippen LogP contribution is -2.27. The summed E-state index contributed by atoms with van der Waals surface area (Å²) in [6, 6.07) is 9.58. The fourth-order valence-corrected chi connectivity index (χ4v) is 1.74. The van der Waals surface area contributed by atoms with Gasteiger partial charge in [0.15, 0.2) is 0 Å². The van der Waals surface area contributed by atoms with Crippen molar-refractivity contribution >= 4 is 6.08 Å². The molecule has 3 nitrogen and oxygen atoms in total. The van der Waals surface area contributed by atoms with Gasteiger partial charge < -0.3 is 4.74 Å². The van der Waals surface area contributed by atoms with E-state index in [1.807, 2.05) is 37.3 Å². The maximum Gasteiger partial charge on any atom is 0.235 e. The number of nitrogens with zero attached hydrogens (tertiary/aromatic N) is 1. The van der Waals surface area contributed by atoms with Gasteiger partial charge in [-0.25, -0.2) is 9.79 Å². The van der Waals surface area contributed by atoms with E-state index in [-0.39, 0.29) is 18.1 Å². The first-order chi connectivity index (χ1) is 8.69. The molecule has 3 atom stereocenters. The highest BCUT2D eigenvalue weighted by atomic mass is 16.5. The van der Waals surface area contributed by atoms with Crippen molar-refractivity contribution in [3.63, 3.8) is 0 Å². The van der Waals surface area contributed by atoms with Crippen LogP contribution in [0.5, 0.6) is 0 Å². The van der Waals surface area contributed by atoms with E-state index in [4.69, 9.17) is 11.2 Å². The molecule has 0 aliphatic rings. The zero-order chi connectivity index (χ0) is 13.4. The predicted molar refractivity (Wildman–Crippen MR) is 70.6 cm³/mol. The number of ether oxygens (including phenoxy) is 1. The number of aliphatic imine (C=N–C) groups is 1. The van der Waals surface area contributed by atoms with Gasteiger partial charge in [0.05, 0.1) is 24.7 Å². The van der Waals surface area contributed by atoms with Crippen molar-refractivity contribution in [1.29, 1.82) is 0 Å². The predicted octanol–water partition coefficient (Wildman–Crippen LogP) is 2.57. The molecule has 1 aromatic rings. The molecule has 0 aromatic heterocycles. The van der Waals surface area contributed by atoms with Crippen LogP contribution in [0.15, 0.2) is 35.3 Å². The Morgan fingerprint density at radius 3 is 2.56 bits per heavy atom. The van der Waals surface area contributed by atoms with E-state index in [1.165, 1.54) is 6.08 Å². The second-order valence-corrected chi connectivity index (χ2v) is 4.16. The number of benzene rings is 1. The van der Waals surface area contributed by atoms with Crippen LogP contribution in [0.25, 0.3) is 0 Å². The summed E-state index contributed by atoms with van der Waals surface area (Å²) in [4.78, 5) is 13.9. The molecule has 1 aromatic carbocycles. The molecule has 0 N–H and O–H groups in total. The molecule has 0 bridgehead atoms. The topological polar surface area (TPSA) is 38.7 Å². The average Bonchev–Trinajstić information content (AvgIpc) is 2.39. The first-order valence-corrected chi connectivity index (χ1v) is 5.87. The Bertz CT molecular complexity index is 443. The summed E-state index contributed by atoms with van der Waals surface area (Å²) in [5.41, 5.74) is 1.09. The third kappa shape index (κ3) is 4.18. The van der Waals surface area contributed by atoms with Crippen LogP contribution in [-0.4, -0.2) is 18.2 Å². The highest BCUT2D eigenvalue weighted by molar-refractivity contribution is 5.34. The van der Waals surface area contributed by atoms with E-state index in [2.05, 4.69) is 10.9 Å². The van der Waals surface area contributed by atoms with Crippen LogP contribution in [0.4, 0.5) is 0 Å². The van der Waals surface area contributed by atoms with Gasteiger partial charge in [0, 0.05) is 0 Å². The Hall–Kier alpha value is -1.88. The van der Waals surface area contributed by atoms with Gasteiger partial charge in [-0.05, 0) is 19.4 Å². The molecule has 3 heteroatoms. The summed E-state index contributed by atoms with van der Waals surface area (Å²) in [6.45, 7) is 4.18. The van der Waals surface area contributed by atoms with Crippen LogP contribution < -0.4 is 0 Å². The number of isocyanates is 1. The molecular formula is C15H17NO2. The lowest BCUT2D eigenvalue weighted by atomic mass is 9.97. The third-order valence-electron chi connectivity index (χ3n) is 2.83. The van der Waals surface area contributed by atoms with E-state index in [1.54, 1.807) is 6.92 Å². The molecule has 18 heavy (non-hydrogen) atoms. The molecule has 0 heterocycles. The van der Waals surface area contributed by atoms with E-state index in [9.17, 15) is 4.79 Å². The summed E-state index contributed by atoms with van der Waals surface area (Å²) in [7, 11) is 0. The molecule has 0 unspecified atom stereocenters. The van der Waals surface area contributed by atoms with Gasteiger partial charge in [-0.15, -0.1) is 6.42 Å². The van der Waals surface area contributed by atoms with Gasteiger partial charge in [-0.2, -0.15) is 0 Å². The van der Waals surface area contributed by atoms with Crippen LogP contribution in [0.3, 0.4) is 0 Å². The van der Waals surface area contributed by atoms with E-state index in [0.717, 1.165) is 5.56 Å². The molecule has 0 spiro atoms. The Morgan fingerprint density at radius 1 is 1.33 bits per heavy atom. The number of rotatable bonds is 6. The average molecular weight is 243 g/mol. The summed E-state index contributed by atoms with van der Waals surface area (Å²) in [5, 5.41) is 0. The van der Waals surface area contributed by atoms with E-state index < -0.39 is 0 Å². The summed E-state index contributed by atoms with van der Waals surface area (Å²) in [5.74, 6) is 2.40. The molecule has 0 fully saturated rings. The maximum absolute atomic E-state index is 10.2. The summed E-state index contributed by atoms with van der Waals surface area (Å²) < 4.78 is 5.72. The molecular weight excluding hydrogens is 226 g/mol. The fourth-order valence-electron chi connectivity index (χ4n) is 1.74. The third-order valence-corrected chi connectivity index (χ3v) is 2.83. The SMILES string of the molecule is C#C[C@H]([C@H](C)N=C=O)[C@@H](C)OCc1ccccc1. The zero-order valence-corrected chi connectivity index (χ0v) is 10.7. The van der Waals surface area contributed by atoms with Gasteiger partial charge >= 0.3 is 0 Å². The molecule has 0 aliphatic carbocycles. The summed E-state index contributed by atoms with van der Waals surface area (Å²) >= 11 is 0. The van der Waals surface area contributed by atoms with Crippen LogP contribution in [-0.2, 0) is 16.1 Å². The van der Waals surface area contributed by atoms with Gasteiger partial charge in [0.1, 0.15) is 0 Å². The Morgan fingerprint density at radius 2 is 2.00 bits per heavy atom. The monoisotopic (exact) mass is 243 g/mol. The quantitative estimate of drug-likeness (QED) is 0.437. The molecule has 0 saturated heterocycles. The van der Waals surface area contributed by atoms with Crippen LogP contribution in [0.2, 0.25) is 0 Å². The number of hydrogen-bond acceptors (Lipinski definition) is 3. The van der Waals surface area contributed by atoms with Crippen LogP contribution in [0.1, 0.15) is 19.4 Å². The first-order valence-electron chi connectivity index (χ1n) is 5.87. The second kappa shape index (κ2) is 7.45. The largest absolute Gasteiger partial charge is 0.372 e. The van der Waals surface area contributed by atoms with Crippen LogP contribution in [0, 0.1) is 18.3 Å². The Labute approximate surface area is 108 Å². The summed E-state index contributed by atoms with van der Waals surface area (Å²) in [6.07, 6.45) is 6.82. The lowest BCUT2D eigenvalue weighted by Gasteiger charge is -2.22. The number of hydrogen-bond donors (Lipinski definition) is 0. The smallest absolute Gasteiger partial charge is 0.235 e. The lowest BCUT2D eigenvalue weighted by molar-refractivity contribution is 0.0241. The molecule has 0 aliphatic heterocycles. The van der Waals surface area contributed by atoms with Crippen molar-refractivity contribution < 1.29 is 9.53 Å². The standard InChI is InChI=1S/C15H17NO2/c1-4-15(12(2)16-11-17)13(3)18-10-14-8-6-5-7-9-14/h1,5-9,12-13,15H,10H2,2-3H3/t12-,13+,15+/m0/s1. The van der Waals surface area contributed by atoms with Crippen molar-refractivity contribution in [3.05, 3.63) is 35.9 Å². The first kappa shape index (κ1) is 14.2. The van der Waals surface area contributed by atoms with E-state index >= 15 is 0 Å². The molecule has 0 radical (unpaired) electrons. The second-order valence-electron chi connectivity index (χ2n) is 4.16.